The highest BCUT2D eigenvalue weighted by atomic mass is 32.2. The highest BCUT2D eigenvalue weighted by Crippen LogP contribution is 2.52. The average molecular weight is 1800 g/mol. The van der Waals surface area contributed by atoms with Crippen LogP contribution >= 0.6 is 47.0 Å². The molecule has 14 heterocycles. The average Bonchev–Trinajstić information content (AvgIpc) is 1.46. The first-order valence-electron chi connectivity index (χ1n) is 39.8. The highest BCUT2D eigenvalue weighted by Gasteiger charge is 2.59. The van der Waals surface area contributed by atoms with Gasteiger partial charge >= 0.3 is 0 Å². The quantitative estimate of drug-likeness (QED) is 0.102. The van der Waals surface area contributed by atoms with E-state index < -0.39 is 189 Å². The molecule has 682 valence electrons. The Balaban J connectivity index is 0.945. The summed E-state index contributed by atoms with van der Waals surface area (Å²) in [6.07, 6.45) is -10.7. The van der Waals surface area contributed by atoms with Gasteiger partial charge in [-0.15, -0.1) is 47.0 Å². The summed E-state index contributed by atoms with van der Waals surface area (Å²) in [6, 6.07) is -5.26. The lowest BCUT2D eigenvalue weighted by Gasteiger charge is -2.52. The van der Waals surface area contributed by atoms with Crippen LogP contribution in [0, 0.1) is 0 Å². The molecule has 10 aliphatic rings. The number of thioether (sulfide) groups is 4. The Morgan fingerprint density at radius 3 is 1.23 bits per heavy atom. The largest absolute Gasteiger partial charge is 0.486 e. The lowest BCUT2D eigenvalue weighted by Crippen LogP contribution is -2.70. The molecule has 0 aromatic carbocycles. The van der Waals surface area contributed by atoms with Gasteiger partial charge < -0.3 is 180 Å². The number of carbonyl (C=O) groups excluding carboxylic acids is 4. The highest BCUT2D eigenvalue weighted by molar-refractivity contribution is 8.00. The Labute approximate surface area is 716 Å². The van der Waals surface area contributed by atoms with Crippen LogP contribution in [-0.4, -0.2) is 405 Å². The molecule has 0 aliphatic carbocycles. The molecule has 0 radical (unpaired) electrons. The van der Waals surface area contributed by atoms with Crippen molar-refractivity contribution >= 4 is 70.7 Å². The van der Waals surface area contributed by atoms with E-state index in [2.05, 4.69) is 19.9 Å². The number of hydrogen-bond donors (Lipinski definition) is 12. The summed E-state index contributed by atoms with van der Waals surface area (Å²) < 4.78 is 132. The van der Waals surface area contributed by atoms with Crippen LogP contribution in [-0.2, 0) is 80.8 Å². The molecule has 41 nitrogen and oxygen atoms in total. The van der Waals surface area contributed by atoms with Crippen LogP contribution in [0.25, 0.3) is 0 Å². The van der Waals surface area contributed by atoms with Crippen LogP contribution in [0.4, 0.5) is 0 Å². The molecule has 4 fully saturated rings. The van der Waals surface area contributed by atoms with Crippen molar-refractivity contribution in [1.29, 1.82) is 0 Å². The molecule has 0 spiro atoms. The van der Waals surface area contributed by atoms with Gasteiger partial charge in [0.05, 0.1) is 127 Å². The van der Waals surface area contributed by atoms with E-state index in [0.29, 0.717) is 11.4 Å². The number of ether oxygens (including phenoxy) is 21. The van der Waals surface area contributed by atoms with Crippen molar-refractivity contribution in [3.05, 3.63) is 47.6 Å². The minimum Gasteiger partial charge on any atom is -0.486 e. The monoisotopic (exact) mass is 1800 g/mol. The SMILES string of the molecule is CO[C@@H]1OC(CO)[C@H]2O[C@@H]3OC(CO)[C@@H](OC)[C@H](O)[C@@H]3N(C(C)=O)C(SC)c3[nH]cc4c3OCCOCCOc3c[nH]c(c3OCCOCCO4)C3SCC(=O)N3[C@H]3[C@@H](OC[C@@H](O)C(CO)O[C@H](C)[C@@H](C)N(C(C)=O)C(SC)c4[nH]cc5c4OCCOCCOc4c[nH]c(c4OCCOCCO5)C(SC)N(C(C)=O)[C@H]1[C@H]2O)OC(CO)[C@H](OC)[C@H]3O. The molecule has 4 aromatic heterocycles. The van der Waals surface area contributed by atoms with Crippen LogP contribution in [0.15, 0.2) is 24.8 Å². The summed E-state index contributed by atoms with van der Waals surface area (Å²) in [5.41, 5.74) is 1.29. The topological polar surface area (TPSA) is 500 Å². The van der Waals surface area contributed by atoms with Crippen LogP contribution in [0.2, 0.25) is 0 Å². The predicted octanol–water partition coefficient (Wildman–Crippen LogP) is 0.375. The number of methoxy groups -OCH3 is 3. The van der Waals surface area contributed by atoms with E-state index in [4.69, 9.17) is 99.5 Å². The Bertz CT molecular complexity index is 3890. The van der Waals surface area contributed by atoms with Gasteiger partial charge in [0.1, 0.15) is 160 Å². The first-order valence-corrected chi connectivity index (χ1v) is 44.7. The lowest BCUT2D eigenvalue weighted by molar-refractivity contribution is -0.344. The third kappa shape index (κ3) is 21.8. The second kappa shape index (κ2) is 45.9. The molecular weight excluding hydrogens is 1680 g/mol. The number of nitrogens with zero attached hydrogens (tertiary/aromatic N) is 4. The van der Waals surface area contributed by atoms with Crippen LogP contribution in [0.1, 0.15) is 78.9 Å². The molecule has 12 N–H and O–H groups in total. The summed E-state index contributed by atoms with van der Waals surface area (Å²) in [4.78, 5) is 76.5. The number of H-pyrrole nitrogens is 4. The predicted molar refractivity (Wildman–Crippen MR) is 432 cm³/mol. The fraction of sp³-hybridized carbons (Fsp3) is 0.737. The summed E-state index contributed by atoms with van der Waals surface area (Å²) in [5, 5.41) is 90.1. The van der Waals surface area contributed by atoms with E-state index in [1.807, 2.05) is 0 Å². The van der Waals surface area contributed by atoms with Crippen LogP contribution in [0.5, 0.6) is 46.0 Å². The number of aromatic amines is 4. The Kier molecular flexibility index (Phi) is 36.3. The maximum absolute atomic E-state index is 14.8. The fourth-order valence-electron chi connectivity index (χ4n) is 15.8. The number of aliphatic hydroxyl groups is 8. The number of aromatic nitrogens is 4. The Hall–Kier alpha value is -6.04. The number of carbonyl (C=O) groups is 4. The molecule has 14 rings (SSSR count). The molecule has 4 saturated heterocycles. The summed E-state index contributed by atoms with van der Waals surface area (Å²) in [7, 11) is 3.90. The van der Waals surface area contributed by atoms with E-state index in [0.717, 1.165) is 23.5 Å². The van der Waals surface area contributed by atoms with Crippen molar-refractivity contribution in [3.63, 3.8) is 0 Å². The van der Waals surface area contributed by atoms with Crippen LogP contribution < -0.4 is 37.9 Å². The van der Waals surface area contributed by atoms with E-state index >= 15 is 0 Å². The van der Waals surface area contributed by atoms with E-state index in [-0.39, 0.29) is 175 Å². The molecular formula is C76H116N8O33S4. The lowest BCUT2D eigenvalue weighted by atomic mass is 9.93. The minimum atomic E-state index is -1.86. The summed E-state index contributed by atoms with van der Waals surface area (Å²) in [6.45, 7) is 3.23. The number of rotatable bonds is 10. The maximum Gasteiger partial charge on any atom is 0.234 e. The second-order valence-electron chi connectivity index (χ2n) is 28.9. The van der Waals surface area contributed by atoms with Gasteiger partial charge in [0.15, 0.2) is 64.9 Å². The third-order valence-corrected chi connectivity index (χ3v) is 25.5. The van der Waals surface area contributed by atoms with E-state index in [1.54, 1.807) is 43.7 Å². The standard InChI is InChI=1S/C76H116N8O33S4/c1-38-39(2)113-48(32-85)43(92)36-112-75-58(60(94)67(97-6)49(33-86)115-75)84-52(93)37-121-73(84)56-66-47(31-80-56)107-23-15-102-18-26-110-65-46(106-22-14-103-19-27-111-66)30-79-55(65)72(120-11)83(42(5)91)59-61(95)68(98-7)50(34-87)116-76(59)117-69-51(35-88)114-74(99-8)57(62(69)96)82(41(4)90)71(119-10)54-64-45(29-78-54)105-21-13-100-16-24-108-63-44(104-20-12-101-17-25-109-64)28-77-53(63)70(118-9)81(38)40(3)89/h28-31,38-39,43,48-51,57-62,67-80,85-88,92,94-96H,12-27,32-37H2,1-11H3/t38-,39-,43-,48?,49?,50?,51?,57+,58-,59+,60+,61-,62-,67+,68-,69-,70?,71?,72?,73?,74-,75+,76+/m1/s1. The number of aliphatic hydroxyl groups excluding tert-OH is 8. The third-order valence-electron chi connectivity index (χ3n) is 21.6. The molecule has 45 heteroatoms. The van der Waals surface area contributed by atoms with Crippen molar-refractivity contribution in [2.75, 3.05) is 185 Å². The Morgan fingerprint density at radius 1 is 0.455 bits per heavy atom. The number of hydrogen-bond acceptors (Lipinski definition) is 37. The molecule has 23 atom stereocenters. The van der Waals surface area contributed by atoms with E-state index in [9.17, 15) is 60.0 Å². The summed E-state index contributed by atoms with van der Waals surface area (Å²) in [5.74, 6) is -0.625. The zero-order valence-electron chi connectivity index (χ0n) is 69.4. The maximum atomic E-state index is 14.8. The molecule has 0 saturated carbocycles. The minimum absolute atomic E-state index is 0.00706. The van der Waals surface area contributed by atoms with Gasteiger partial charge in [-0.25, -0.2) is 0 Å². The van der Waals surface area contributed by atoms with Gasteiger partial charge in [-0.1, -0.05) is 0 Å². The molecule has 8 unspecified atom stereocenters. The molecule has 121 heavy (non-hydrogen) atoms. The van der Waals surface area contributed by atoms with Crippen molar-refractivity contribution < 1.29 is 160 Å². The number of nitrogens with one attached hydrogen (secondary N) is 4. The Morgan fingerprint density at radius 2 is 0.835 bits per heavy atom. The first-order chi connectivity index (χ1) is 58.6. The first kappa shape index (κ1) is 95.6. The zero-order chi connectivity index (χ0) is 86.7. The van der Waals surface area contributed by atoms with Crippen molar-refractivity contribution in [2.45, 2.75) is 172 Å². The van der Waals surface area contributed by atoms with Gasteiger partial charge in [-0.05, 0) is 32.6 Å². The van der Waals surface area contributed by atoms with E-state index in [1.165, 1.54) is 98.9 Å². The van der Waals surface area contributed by atoms with Gasteiger partial charge in [-0.2, -0.15) is 0 Å². The smallest absolute Gasteiger partial charge is 0.234 e. The fourth-order valence-corrected chi connectivity index (χ4v) is 19.9. The van der Waals surface area contributed by atoms with Crippen LogP contribution in [0.3, 0.4) is 0 Å². The van der Waals surface area contributed by atoms with Gasteiger partial charge in [-0.3, -0.25) is 19.2 Å². The molecule has 10 aliphatic heterocycles. The second-order valence-corrected chi connectivity index (χ2v) is 32.7. The van der Waals surface area contributed by atoms with Gasteiger partial charge in [0.2, 0.25) is 23.6 Å². The van der Waals surface area contributed by atoms with Gasteiger partial charge in [0, 0.05) is 66.9 Å². The van der Waals surface area contributed by atoms with Crippen molar-refractivity contribution in [1.82, 2.24) is 39.5 Å². The van der Waals surface area contributed by atoms with Crippen molar-refractivity contribution in [2.24, 2.45) is 0 Å². The zero-order valence-corrected chi connectivity index (χ0v) is 72.6. The normalized spacial score (nSPS) is 33.1. The molecule has 4 amide bonds. The molecule has 4 aromatic rings. The number of amides is 4. The molecule has 14 bridgehead atoms. The van der Waals surface area contributed by atoms with Gasteiger partial charge in [0.25, 0.3) is 0 Å². The van der Waals surface area contributed by atoms with Crippen molar-refractivity contribution in [3.8, 4) is 46.0 Å². The summed E-state index contributed by atoms with van der Waals surface area (Å²) >= 11 is 4.77.